The van der Waals surface area contributed by atoms with Crippen molar-refractivity contribution in [2.24, 2.45) is 11.3 Å². The van der Waals surface area contributed by atoms with Crippen LogP contribution < -0.4 is 16.2 Å². The number of hydrogen-bond donors (Lipinski definition) is 3. The van der Waals surface area contributed by atoms with Gasteiger partial charge in [-0.25, -0.2) is 0 Å². The number of benzene rings is 1. The van der Waals surface area contributed by atoms with Crippen LogP contribution in [0, 0.1) is 25.2 Å². The number of amides is 2. The van der Waals surface area contributed by atoms with Crippen molar-refractivity contribution in [3.8, 4) is 0 Å². The third-order valence-electron chi connectivity index (χ3n) is 8.64. The number of pyridine rings is 1. The summed E-state index contributed by atoms with van der Waals surface area (Å²) in [4.78, 5) is 41.7. The van der Waals surface area contributed by atoms with E-state index in [-0.39, 0.29) is 35.4 Å². The lowest BCUT2D eigenvalue weighted by molar-refractivity contribution is -0.119. The number of H-pyrrole nitrogens is 1. The Morgan fingerprint density at radius 2 is 1.95 bits per heavy atom. The van der Waals surface area contributed by atoms with E-state index in [0.29, 0.717) is 23.5 Å². The standard InChI is InChI=1S/C29H36N4O3S/c1-17-13-24(37-4)22(27(35)32-17)15-30-28(36)26-19(3)33(23-8-6-5-7-21(23)26)18(2)20-9-11-29(12-10-20)14-25(34)31-16-29/h5-8,13,18,20H,9-12,14-16H2,1-4H3,(H,30,36)(H,31,34)(H,32,35)/t18-,20?,29?/m1/s1. The molecule has 1 spiro atoms. The monoisotopic (exact) mass is 520 g/mol. The van der Waals surface area contributed by atoms with Crippen LogP contribution in [0.15, 0.2) is 40.0 Å². The van der Waals surface area contributed by atoms with Crippen LogP contribution in [0.2, 0.25) is 0 Å². The molecule has 196 valence electrons. The number of rotatable bonds is 6. The van der Waals surface area contributed by atoms with E-state index < -0.39 is 0 Å². The highest BCUT2D eigenvalue weighted by Crippen LogP contribution is 2.47. The number of fused-ring (bicyclic) bond motifs is 1. The molecular formula is C29H36N4O3S. The molecule has 5 rings (SSSR count). The van der Waals surface area contributed by atoms with E-state index in [1.54, 1.807) is 0 Å². The molecule has 0 unspecified atom stereocenters. The van der Waals surface area contributed by atoms with E-state index >= 15 is 0 Å². The fourth-order valence-corrected chi connectivity index (χ4v) is 7.25. The molecule has 1 saturated carbocycles. The number of hydrogen-bond acceptors (Lipinski definition) is 4. The normalized spacial score (nSPS) is 22.4. The van der Waals surface area contributed by atoms with Crippen LogP contribution in [0.1, 0.15) is 72.4 Å². The van der Waals surface area contributed by atoms with Crippen LogP contribution in [-0.4, -0.2) is 34.2 Å². The number of aromatic amines is 1. The van der Waals surface area contributed by atoms with Gasteiger partial charge in [0.15, 0.2) is 0 Å². The number of aryl methyl sites for hydroxylation is 1. The number of carbonyl (C=O) groups is 2. The first-order valence-electron chi connectivity index (χ1n) is 13.1. The number of aromatic nitrogens is 2. The number of thioether (sulfide) groups is 1. The summed E-state index contributed by atoms with van der Waals surface area (Å²) < 4.78 is 2.33. The van der Waals surface area contributed by atoms with Crippen molar-refractivity contribution in [1.29, 1.82) is 0 Å². The van der Waals surface area contributed by atoms with E-state index in [1.165, 1.54) is 11.8 Å². The average molecular weight is 521 g/mol. The third-order valence-corrected chi connectivity index (χ3v) is 9.44. The Balaban J connectivity index is 1.40. The molecule has 0 bridgehead atoms. The van der Waals surface area contributed by atoms with Crippen molar-refractivity contribution in [2.75, 3.05) is 12.8 Å². The molecule has 1 saturated heterocycles. The first-order chi connectivity index (χ1) is 17.7. The van der Waals surface area contributed by atoms with Gasteiger partial charge < -0.3 is 20.2 Å². The second kappa shape index (κ2) is 10.0. The van der Waals surface area contributed by atoms with E-state index in [2.05, 4.69) is 33.2 Å². The van der Waals surface area contributed by atoms with Crippen molar-refractivity contribution in [3.63, 3.8) is 0 Å². The molecule has 3 heterocycles. The molecule has 1 aliphatic heterocycles. The van der Waals surface area contributed by atoms with E-state index in [0.717, 1.165) is 59.4 Å². The highest BCUT2D eigenvalue weighted by Gasteiger charge is 2.42. The maximum atomic E-state index is 13.6. The number of nitrogens with zero attached hydrogens (tertiary/aromatic N) is 1. The summed E-state index contributed by atoms with van der Waals surface area (Å²) in [5, 5.41) is 6.99. The van der Waals surface area contributed by atoms with Gasteiger partial charge in [-0.3, -0.25) is 14.4 Å². The number of carbonyl (C=O) groups excluding carboxylic acids is 2. The molecule has 3 aromatic rings. The molecule has 1 aliphatic carbocycles. The minimum absolute atomic E-state index is 0.135. The number of nitrogens with one attached hydrogen (secondary N) is 3. The number of para-hydroxylation sites is 1. The van der Waals surface area contributed by atoms with Crippen LogP contribution in [0.3, 0.4) is 0 Å². The molecule has 2 aliphatic rings. The lowest BCUT2D eigenvalue weighted by Gasteiger charge is -2.39. The van der Waals surface area contributed by atoms with Crippen LogP contribution in [0.25, 0.3) is 10.9 Å². The Bertz CT molecular complexity index is 1410. The molecule has 0 radical (unpaired) electrons. The smallest absolute Gasteiger partial charge is 0.254 e. The minimum Gasteiger partial charge on any atom is -0.356 e. The summed E-state index contributed by atoms with van der Waals surface area (Å²) in [7, 11) is 0. The molecule has 2 amide bonds. The molecule has 7 nitrogen and oxygen atoms in total. The molecule has 8 heteroatoms. The Labute approximate surface area is 221 Å². The molecule has 1 atom stereocenters. The summed E-state index contributed by atoms with van der Waals surface area (Å²) >= 11 is 1.51. The van der Waals surface area contributed by atoms with Gasteiger partial charge in [0.2, 0.25) is 5.91 Å². The maximum Gasteiger partial charge on any atom is 0.254 e. The average Bonchev–Trinajstić information content (AvgIpc) is 3.38. The Hall–Kier alpha value is -3.00. The van der Waals surface area contributed by atoms with Gasteiger partial charge in [-0.1, -0.05) is 18.2 Å². The van der Waals surface area contributed by atoms with Crippen LogP contribution in [0.4, 0.5) is 0 Å². The Morgan fingerprint density at radius 1 is 1.22 bits per heavy atom. The quantitative estimate of drug-likeness (QED) is 0.405. The van der Waals surface area contributed by atoms with Crippen LogP contribution in [-0.2, 0) is 11.3 Å². The fraction of sp³-hybridized carbons (Fsp3) is 0.483. The predicted molar refractivity (Wildman–Crippen MR) is 148 cm³/mol. The fourth-order valence-electron chi connectivity index (χ4n) is 6.55. The predicted octanol–water partition coefficient (Wildman–Crippen LogP) is 4.86. The van der Waals surface area contributed by atoms with Gasteiger partial charge in [-0.15, -0.1) is 11.8 Å². The van der Waals surface area contributed by atoms with Gasteiger partial charge in [0, 0.05) is 58.3 Å². The summed E-state index contributed by atoms with van der Waals surface area (Å²) in [6.07, 6.45) is 6.89. The molecule has 3 N–H and O–H groups in total. The Kier molecular flexibility index (Phi) is 6.96. The summed E-state index contributed by atoms with van der Waals surface area (Å²) in [6.45, 7) is 7.14. The van der Waals surface area contributed by atoms with Gasteiger partial charge in [-0.2, -0.15) is 0 Å². The maximum absolute atomic E-state index is 13.6. The zero-order valence-corrected chi connectivity index (χ0v) is 22.9. The molecular weight excluding hydrogens is 484 g/mol. The molecule has 37 heavy (non-hydrogen) atoms. The van der Waals surface area contributed by atoms with Crippen LogP contribution in [0.5, 0.6) is 0 Å². The first-order valence-corrected chi connectivity index (χ1v) is 14.4. The lowest BCUT2D eigenvalue weighted by atomic mass is 9.68. The van der Waals surface area contributed by atoms with Gasteiger partial charge in [0.05, 0.1) is 5.56 Å². The molecule has 1 aromatic carbocycles. The second-order valence-electron chi connectivity index (χ2n) is 10.9. The third kappa shape index (κ3) is 4.72. The highest BCUT2D eigenvalue weighted by molar-refractivity contribution is 7.98. The van der Waals surface area contributed by atoms with Gasteiger partial charge in [0.25, 0.3) is 11.5 Å². The largest absolute Gasteiger partial charge is 0.356 e. The van der Waals surface area contributed by atoms with Crippen molar-refractivity contribution in [2.45, 2.75) is 70.4 Å². The topological polar surface area (TPSA) is 96.0 Å². The van der Waals surface area contributed by atoms with Crippen LogP contribution >= 0.6 is 11.8 Å². The second-order valence-corrected chi connectivity index (χ2v) is 11.7. The summed E-state index contributed by atoms with van der Waals surface area (Å²) in [6, 6.07) is 10.3. The van der Waals surface area contributed by atoms with Crippen molar-refractivity contribution in [1.82, 2.24) is 20.2 Å². The van der Waals surface area contributed by atoms with Crippen molar-refractivity contribution < 1.29 is 9.59 Å². The molecule has 2 fully saturated rings. The first kappa shape index (κ1) is 25.6. The Morgan fingerprint density at radius 3 is 2.62 bits per heavy atom. The molecule has 2 aromatic heterocycles. The van der Waals surface area contributed by atoms with Gasteiger partial charge in [-0.05, 0) is 76.2 Å². The van der Waals surface area contributed by atoms with E-state index in [1.807, 2.05) is 44.4 Å². The van der Waals surface area contributed by atoms with E-state index in [4.69, 9.17) is 0 Å². The zero-order chi connectivity index (χ0) is 26.3. The lowest BCUT2D eigenvalue weighted by Crippen LogP contribution is -2.32. The summed E-state index contributed by atoms with van der Waals surface area (Å²) in [5.41, 5.74) is 4.05. The van der Waals surface area contributed by atoms with Crippen molar-refractivity contribution in [3.05, 3.63) is 63.2 Å². The minimum atomic E-state index is -0.162. The van der Waals surface area contributed by atoms with Gasteiger partial charge in [0.1, 0.15) is 0 Å². The zero-order valence-electron chi connectivity index (χ0n) is 22.1. The summed E-state index contributed by atoms with van der Waals surface area (Å²) in [5.74, 6) is 0.512. The van der Waals surface area contributed by atoms with Gasteiger partial charge >= 0.3 is 0 Å². The SMILES string of the molecule is CSc1cc(C)[nH]c(=O)c1CNC(=O)c1c(C)n([C@H](C)C2CCC3(CC2)CNC(=O)C3)c2ccccc12. The highest BCUT2D eigenvalue weighted by atomic mass is 32.2. The van der Waals surface area contributed by atoms with E-state index in [9.17, 15) is 14.4 Å². The van der Waals surface area contributed by atoms with Crippen molar-refractivity contribution >= 4 is 34.5 Å².